The van der Waals surface area contributed by atoms with E-state index in [0.29, 0.717) is 0 Å². The molecule has 0 bridgehead atoms. The van der Waals surface area contributed by atoms with Gasteiger partial charge in [-0.2, -0.15) is 0 Å². The van der Waals surface area contributed by atoms with Gasteiger partial charge in [0.15, 0.2) is 0 Å². The van der Waals surface area contributed by atoms with Crippen molar-refractivity contribution in [3.63, 3.8) is 0 Å². The van der Waals surface area contributed by atoms with E-state index in [0.717, 1.165) is 25.7 Å². The summed E-state index contributed by atoms with van der Waals surface area (Å²) in [6.45, 7) is 0. The van der Waals surface area contributed by atoms with Crippen LogP contribution in [0.3, 0.4) is 0 Å². The highest BCUT2D eigenvalue weighted by Crippen LogP contribution is 2.53. The molecule has 0 radical (unpaired) electrons. The van der Waals surface area contributed by atoms with Crippen LogP contribution in [0.2, 0.25) is 0 Å². The molecule has 2 aliphatic carbocycles. The van der Waals surface area contributed by atoms with Crippen molar-refractivity contribution in [3.05, 3.63) is 151 Å². The molecule has 0 amide bonds. The zero-order valence-corrected chi connectivity index (χ0v) is 25.1. The predicted molar refractivity (Wildman–Crippen MR) is 195 cm³/mol. The smallest absolute Gasteiger partial charge is 0.0471 e. The molecule has 0 N–H and O–H groups in total. The van der Waals surface area contributed by atoms with E-state index in [2.05, 4.69) is 144 Å². The van der Waals surface area contributed by atoms with Crippen molar-refractivity contribution in [3.8, 4) is 0 Å². The Labute approximate surface area is 262 Å². The molecular formula is C44H31N. The maximum atomic E-state index is 2.51. The molecule has 212 valence electrons. The normalized spacial score (nSPS) is 15.3. The van der Waals surface area contributed by atoms with Crippen molar-refractivity contribution in [2.45, 2.75) is 25.7 Å². The first kappa shape index (κ1) is 25.0. The quantitative estimate of drug-likeness (QED) is 0.202. The summed E-state index contributed by atoms with van der Waals surface area (Å²) in [5.74, 6) is 0. The summed E-state index contributed by atoms with van der Waals surface area (Å²) in [6.07, 6.45) is 17.9. The number of fused-ring (bicyclic) bond motifs is 7. The lowest BCUT2D eigenvalue weighted by molar-refractivity contribution is 0.918. The molecule has 8 aromatic carbocycles. The topological polar surface area (TPSA) is 3.24 Å². The van der Waals surface area contributed by atoms with E-state index >= 15 is 0 Å². The van der Waals surface area contributed by atoms with E-state index in [1.165, 1.54) is 92.8 Å². The van der Waals surface area contributed by atoms with Crippen molar-refractivity contribution >= 4 is 81.6 Å². The summed E-state index contributed by atoms with van der Waals surface area (Å²) < 4.78 is 0. The van der Waals surface area contributed by atoms with Crippen molar-refractivity contribution in [2.24, 2.45) is 0 Å². The molecule has 0 aromatic heterocycles. The Morgan fingerprint density at radius 1 is 0.444 bits per heavy atom. The maximum absolute atomic E-state index is 2.51. The predicted octanol–water partition coefficient (Wildman–Crippen LogP) is 12.6. The fourth-order valence-electron chi connectivity index (χ4n) is 8.42. The first-order chi connectivity index (χ1) is 22.4. The van der Waals surface area contributed by atoms with E-state index in [1.807, 2.05) is 0 Å². The fraction of sp³-hybridized carbons (Fsp3) is 0.0909. The SMILES string of the molecule is C1=CCCC(c2c3cc(N(C4=CC=CCC4)c4ccccc4)cc4c5ccccc5c(c34)c3c4cccc5cccc(c23)c54)=C1. The summed E-state index contributed by atoms with van der Waals surface area (Å²) in [5.41, 5.74) is 6.63. The molecule has 0 saturated carbocycles. The van der Waals surface area contributed by atoms with Gasteiger partial charge in [-0.1, -0.05) is 109 Å². The third-order valence-corrected chi connectivity index (χ3v) is 10.2. The minimum Gasteiger partial charge on any atom is -0.314 e. The molecule has 0 atom stereocenters. The van der Waals surface area contributed by atoms with Gasteiger partial charge in [-0.15, -0.1) is 0 Å². The second kappa shape index (κ2) is 9.55. The zero-order valence-electron chi connectivity index (χ0n) is 25.1. The molecule has 45 heavy (non-hydrogen) atoms. The Morgan fingerprint density at radius 2 is 1.11 bits per heavy atom. The molecule has 0 spiro atoms. The number of para-hydroxylation sites is 1. The average molecular weight is 574 g/mol. The standard InChI is InChI=1S/C44H31N/c1-4-14-29(15-5-1)40-38-27-32(45(30-18-6-2-7-19-30)31-20-8-3-9-21-31)26-37-33-22-10-11-23-34(33)42(41(37)38)44-36-25-13-17-28-16-12-24-35(39(28)36)43(40)44/h1-4,6-8,10-14,16-20,22-27H,5,9,15,21H2. The van der Waals surface area contributed by atoms with Gasteiger partial charge < -0.3 is 4.90 Å². The number of nitrogens with zero attached hydrogens (tertiary/aromatic N) is 1. The number of hydrogen-bond acceptors (Lipinski definition) is 1. The van der Waals surface area contributed by atoms with E-state index in [-0.39, 0.29) is 0 Å². The molecule has 0 unspecified atom stereocenters. The Hall–Kier alpha value is -5.40. The Bertz CT molecular complexity index is 2570. The van der Waals surface area contributed by atoms with Crippen molar-refractivity contribution in [2.75, 3.05) is 4.90 Å². The number of rotatable bonds is 4. The number of benzene rings is 6. The lowest BCUT2D eigenvalue weighted by Crippen LogP contribution is -2.17. The highest BCUT2D eigenvalue weighted by atomic mass is 15.1. The number of allylic oxidation sites excluding steroid dienone is 8. The lowest BCUT2D eigenvalue weighted by atomic mass is 9.86. The molecule has 0 saturated heterocycles. The first-order valence-corrected chi connectivity index (χ1v) is 16.2. The summed E-state index contributed by atoms with van der Waals surface area (Å²) >= 11 is 0. The van der Waals surface area contributed by atoms with Crippen LogP contribution in [0, 0.1) is 0 Å². The monoisotopic (exact) mass is 573 g/mol. The fourth-order valence-corrected chi connectivity index (χ4v) is 8.42. The molecule has 1 heteroatoms. The maximum Gasteiger partial charge on any atom is 0.0471 e. The van der Waals surface area contributed by atoms with Crippen LogP contribution in [0.25, 0.3) is 70.2 Å². The van der Waals surface area contributed by atoms with Crippen LogP contribution in [0.1, 0.15) is 31.2 Å². The van der Waals surface area contributed by atoms with Crippen LogP contribution in [0.15, 0.2) is 145 Å². The molecule has 0 aliphatic heterocycles. The highest BCUT2D eigenvalue weighted by molar-refractivity contribution is 6.47. The third-order valence-electron chi connectivity index (χ3n) is 10.2. The van der Waals surface area contributed by atoms with Gasteiger partial charge in [0.2, 0.25) is 0 Å². The average Bonchev–Trinajstić information content (AvgIpc) is 3.61. The minimum atomic E-state index is 1.02. The van der Waals surface area contributed by atoms with Crippen molar-refractivity contribution in [1.82, 2.24) is 0 Å². The molecule has 8 aromatic rings. The van der Waals surface area contributed by atoms with E-state index < -0.39 is 0 Å². The number of hydrogen-bond donors (Lipinski definition) is 0. The van der Waals surface area contributed by atoms with Gasteiger partial charge in [0.05, 0.1) is 0 Å². The Balaban J connectivity index is 1.46. The molecule has 0 heterocycles. The van der Waals surface area contributed by atoms with Crippen LogP contribution in [0.4, 0.5) is 11.4 Å². The van der Waals surface area contributed by atoms with Gasteiger partial charge in [-0.05, 0) is 132 Å². The van der Waals surface area contributed by atoms with E-state index in [1.54, 1.807) is 0 Å². The van der Waals surface area contributed by atoms with Gasteiger partial charge in [0.1, 0.15) is 0 Å². The largest absolute Gasteiger partial charge is 0.314 e. The number of anilines is 2. The van der Waals surface area contributed by atoms with Gasteiger partial charge in [-0.25, -0.2) is 0 Å². The van der Waals surface area contributed by atoms with Gasteiger partial charge in [-0.3, -0.25) is 0 Å². The molecular weight excluding hydrogens is 542 g/mol. The molecule has 2 aliphatic rings. The summed E-state index contributed by atoms with van der Waals surface area (Å²) in [7, 11) is 0. The van der Waals surface area contributed by atoms with Crippen molar-refractivity contribution < 1.29 is 0 Å². The second-order valence-corrected chi connectivity index (χ2v) is 12.6. The van der Waals surface area contributed by atoms with Gasteiger partial charge in [0.25, 0.3) is 0 Å². The van der Waals surface area contributed by atoms with Crippen LogP contribution in [-0.2, 0) is 0 Å². The molecule has 1 nitrogen and oxygen atoms in total. The van der Waals surface area contributed by atoms with Crippen LogP contribution in [-0.4, -0.2) is 0 Å². The van der Waals surface area contributed by atoms with Crippen LogP contribution < -0.4 is 4.90 Å². The third kappa shape index (κ3) is 3.50. The first-order valence-electron chi connectivity index (χ1n) is 16.2. The van der Waals surface area contributed by atoms with E-state index in [9.17, 15) is 0 Å². The summed E-state index contributed by atoms with van der Waals surface area (Å²) in [4.78, 5) is 2.50. The van der Waals surface area contributed by atoms with Gasteiger partial charge in [0, 0.05) is 17.1 Å². The zero-order chi connectivity index (χ0) is 29.5. The summed E-state index contributed by atoms with van der Waals surface area (Å²) in [5, 5.41) is 16.5. The summed E-state index contributed by atoms with van der Waals surface area (Å²) in [6, 6.07) is 38.8. The van der Waals surface area contributed by atoms with Crippen LogP contribution >= 0.6 is 0 Å². The Morgan fingerprint density at radius 3 is 1.87 bits per heavy atom. The van der Waals surface area contributed by atoms with Crippen molar-refractivity contribution in [1.29, 1.82) is 0 Å². The highest BCUT2D eigenvalue weighted by Gasteiger charge is 2.27. The molecule has 10 rings (SSSR count). The second-order valence-electron chi connectivity index (χ2n) is 12.6. The molecule has 0 fully saturated rings. The van der Waals surface area contributed by atoms with Crippen LogP contribution in [0.5, 0.6) is 0 Å². The Kier molecular flexibility index (Phi) is 5.30. The van der Waals surface area contributed by atoms with E-state index in [4.69, 9.17) is 0 Å². The minimum absolute atomic E-state index is 1.02. The van der Waals surface area contributed by atoms with Gasteiger partial charge >= 0.3 is 0 Å². The lowest BCUT2D eigenvalue weighted by Gasteiger charge is -2.29.